The predicted octanol–water partition coefficient (Wildman–Crippen LogP) is 1.74. The van der Waals surface area contributed by atoms with Crippen molar-refractivity contribution in [2.45, 2.75) is 45.6 Å². The molecule has 7 nitrogen and oxygen atoms in total. The van der Waals surface area contributed by atoms with Crippen molar-refractivity contribution in [1.82, 2.24) is 25.3 Å². The number of aryl methyl sites for hydroxylation is 2. The number of carbonyl (C=O) groups is 2. The van der Waals surface area contributed by atoms with Crippen molar-refractivity contribution in [2.75, 3.05) is 20.6 Å². The summed E-state index contributed by atoms with van der Waals surface area (Å²) >= 11 is 0. The van der Waals surface area contributed by atoms with Gasteiger partial charge in [-0.1, -0.05) is 12.8 Å². The summed E-state index contributed by atoms with van der Waals surface area (Å²) in [4.78, 5) is 26.4. The molecule has 1 atom stereocenters. The van der Waals surface area contributed by atoms with Crippen LogP contribution in [0.3, 0.4) is 0 Å². The Morgan fingerprint density at radius 3 is 2.50 bits per heavy atom. The molecule has 1 unspecified atom stereocenters. The lowest BCUT2D eigenvalue weighted by Crippen LogP contribution is -2.48. The second-order valence-corrected chi connectivity index (χ2v) is 7.08. The molecule has 1 saturated carbocycles. The molecular formula is C17H29N5O2. The summed E-state index contributed by atoms with van der Waals surface area (Å²) in [5.41, 5.74) is 1.45. The van der Waals surface area contributed by atoms with E-state index < -0.39 is 5.41 Å². The second kappa shape index (κ2) is 7.23. The van der Waals surface area contributed by atoms with Gasteiger partial charge in [-0.25, -0.2) is 4.79 Å². The fourth-order valence-corrected chi connectivity index (χ4v) is 3.61. The summed E-state index contributed by atoms with van der Waals surface area (Å²) in [6.07, 6.45) is 5.65. The van der Waals surface area contributed by atoms with Gasteiger partial charge in [0.05, 0.1) is 17.2 Å². The summed E-state index contributed by atoms with van der Waals surface area (Å²) in [6.45, 7) is 4.24. The van der Waals surface area contributed by atoms with Gasteiger partial charge in [-0.05, 0) is 26.7 Å². The van der Waals surface area contributed by atoms with Crippen LogP contribution in [0.15, 0.2) is 6.20 Å². The van der Waals surface area contributed by atoms with Gasteiger partial charge in [0.25, 0.3) is 0 Å². The number of rotatable bonds is 5. The van der Waals surface area contributed by atoms with E-state index in [1.54, 1.807) is 23.7 Å². The van der Waals surface area contributed by atoms with Crippen molar-refractivity contribution < 1.29 is 9.59 Å². The number of urea groups is 1. The van der Waals surface area contributed by atoms with Gasteiger partial charge in [0.2, 0.25) is 5.91 Å². The Kier molecular flexibility index (Phi) is 5.51. The molecule has 1 heterocycles. The first-order valence-corrected chi connectivity index (χ1v) is 8.51. The van der Waals surface area contributed by atoms with Gasteiger partial charge in [0.1, 0.15) is 0 Å². The third-order valence-corrected chi connectivity index (χ3v) is 4.87. The minimum absolute atomic E-state index is 0.108. The van der Waals surface area contributed by atoms with Crippen molar-refractivity contribution in [3.8, 4) is 0 Å². The summed E-state index contributed by atoms with van der Waals surface area (Å²) in [5, 5.41) is 10.1. The van der Waals surface area contributed by atoms with Gasteiger partial charge in [-0.15, -0.1) is 0 Å². The fraction of sp³-hybridized carbons (Fsp3) is 0.706. The quantitative estimate of drug-likeness (QED) is 0.860. The fourth-order valence-electron chi connectivity index (χ4n) is 3.61. The van der Waals surface area contributed by atoms with E-state index in [9.17, 15) is 9.59 Å². The Morgan fingerprint density at radius 2 is 2.00 bits per heavy atom. The van der Waals surface area contributed by atoms with Crippen molar-refractivity contribution in [1.29, 1.82) is 0 Å². The minimum atomic E-state index is -0.450. The molecule has 24 heavy (non-hydrogen) atoms. The van der Waals surface area contributed by atoms with Gasteiger partial charge in [-0.3, -0.25) is 9.48 Å². The van der Waals surface area contributed by atoms with Crippen LogP contribution in [-0.2, 0) is 11.8 Å². The summed E-state index contributed by atoms with van der Waals surface area (Å²) in [5.74, 6) is 0.108. The van der Waals surface area contributed by atoms with E-state index in [0.29, 0.717) is 6.54 Å². The Balaban J connectivity index is 1.94. The monoisotopic (exact) mass is 335 g/mol. The summed E-state index contributed by atoms with van der Waals surface area (Å²) < 4.78 is 1.74. The molecule has 0 saturated heterocycles. The van der Waals surface area contributed by atoms with Crippen molar-refractivity contribution in [2.24, 2.45) is 12.5 Å². The minimum Gasteiger partial charge on any atom is -0.348 e. The number of nitrogens with one attached hydrogen (secondary N) is 2. The highest BCUT2D eigenvalue weighted by atomic mass is 16.2. The van der Waals surface area contributed by atoms with E-state index in [4.69, 9.17) is 0 Å². The molecule has 3 amide bonds. The standard InChI is InChI=1S/C17H29N5O2/c1-12(14-10-22(5)20-13(14)2)19-16(24)18-11-17(8-6-7-9-17)15(23)21(3)4/h10,12H,6-9,11H2,1-5H3,(H2,18,19,24). The third kappa shape index (κ3) is 3.88. The number of hydrogen-bond acceptors (Lipinski definition) is 3. The molecule has 134 valence electrons. The lowest BCUT2D eigenvalue weighted by Gasteiger charge is -2.31. The summed E-state index contributed by atoms with van der Waals surface area (Å²) in [6, 6.07) is -0.383. The van der Waals surface area contributed by atoms with Crippen LogP contribution in [0.1, 0.15) is 49.9 Å². The lowest BCUT2D eigenvalue weighted by atomic mass is 9.84. The molecule has 0 aromatic carbocycles. The van der Waals surface area contributed by atoms with Gasteiger partial charge in [-0.2, -0.15) is 5.10 Å². The zero-order valence-corrected chi connectivity index (χ0v) is 15.3. The lowest BCUT2D eigenvalue weighted by molar-refractivity contribution is -0.138. The molecule has 0 spiro atoms. The predicted molar refractivity (Wildman–Crippen MR) is 92.5 cm³/mol. The molecule has 7 heteroatoms. The zero-order valence-electron chi connectivity index (χ0n) is 15.3. The molecule has 1 aromatic rings. The van der Waals surface area contributed by atoms with Gasteiger partial charge in [0, 0.05) is 39.4 Å². The van der Waals surface area contributed by atoms with Gasteiger partial charge < -0.3 is 15.5 Å². The number of carbonyl (C=O) groups excluding carboxylic acids is 2. The van der Waals surface area contributed by atoms with Crippen molar-refractivity contribution in [3.63, 3.8) is 0 Å². The molecule has 1 aromatic heterocycles. The highest BCUT2D eigenvalue weighted by Gasteiger charge is 2.42. The number of nitrogens with zero attached hydrogens (tertiary/aromatic N) is 3. The first kappa shape index (κ1) is 18.3. The van der Waals surface area contributed by atoms with Crippen LogP contribution in [0.4, 0.5) is 4.79 Å². The largest absolute Gasteiger partial charge is 0.348 e. The average molecular weight is 335 g/mol. The Hall–Kier alpha value is -2.05. The van der Waals surface area contributed by atoms with Gasteiger partial charge >= 0.3 is 6.03 Å². The van der Waals surface area contributed by atoms with Crippen LogP contribution < -0.4 is 10.6 Å². The third-order valence-electron chi connectivity index (χ3n) is 4.87. The van der Waals surface area contributed by atoms with Crippen LogP contribution in [0.2, 0.25) is 0 Å². The summed E-state index contributed by atoms with van der Waals surface area (Å²) in [7, 11) is 5.41. The van der Waals surface area contributed by atoms with E-state index in [2.05, 4.69) is 15.7 Å². The molecule has 0 aliphatic heterocycles. The topological polar surface area (TPSA) is 79.3 Å². The zero-order chi connectivity index (χ0) is 17.9. The first-order valence-electron chi connectivity index (χ1n) is 8.51. The Labute approximate surface area is 143 Å². The van der Waals surface area contributed by atoms with Crippen molar-refractivity contribution >= 4 is 11.9 Å². The van der Waals surface area contributed by atoms with E-state index in [1.807, 2.05) is 27.1 Å². The molecule has 0 radical (unpaired) electrons. The highest BCUT2D eigenvalue weighted by molar-refractivity contribution is 5.84. The molecular weight excluding hydrogens is 306 g/mol. The van der Waals surface area contributed by atoms with Crippen LogP contribution in [0, 0.1) is 12.3 Å². The molecule has 0 bridgehead atoms. The van der Waals surface area contributed by atoms with Crippen LogP contribution >= 0.6 is 0 Å². The SMILES string of the molecule is Cc1nn(C)cc1C(C)NC(=O)NCC1(C(=O)N(C)C)CCCC1. The number of amides is 3. The molecule has 2 N–H and O–H groups in total. The number of aromatic nitrogens is 2. The second-order valence-electron chi connectivity index (χ2n) is 7.08. The smallest absolute Gasteiger partial charge is 0.315 e. The maximum Gasteiger partial charge on any atom is 0.315 e. The molecule has 2 rings (SSSR count). The normalized spacial score (nSPS) is 17.4. The molecule has 1 fully saturated rings. The van der Waals surface area contributed by atoms with E-state index in [0.717, 1.165) is 36.9 Å². The average Bonchev–Trinajstić information content (AvgIpc) is 3.11. The van der Waals surface area contributed by atoms with Crippen LogP contribution in [0.25, 0.3) is 0 Å². The van der Waals surface area contributed by atoms with E-state index in [-0.39, 0.29) is 18.0 Å². The van der Waals surface area contributed by atoms with Crippen LogP contribution in [-0.4, -0.2) is 47.3 Å². The molecule has 1 aliphatic rings. The Morgan fingerprint density at radius 1 is 1.38 bits per heavy atom. The van der Waals surface area contributed by atoms with Gasteiger partial charge in [0.15, 0.2) is 0 Å². The Bertz CT molecular complexity index is 602. The van der Waals surface area contributed by atoms with E-state index in [1.165, 1.54) is 0 Å². The van der Waals surface area contributed by atoms with E-state index >= 15 is 0 Å². The maximum atomic E-state index is 12.5. The molecule has 1 aliphatic carbocycles. The highest BCUT2D eigenvalue weighted by Crippen LogP contribution is 2.38. The van der Waals surface area contributed by atoms with Crippen molar-refractivity contribution in [3.05, 3.63) is 17.5 Å². The maximum absolute atomic E-state index is 12.5. The van der Waals surface area contributed by atoms with Crippen LogP contribution in [0.5, 0.6) is 0 Å². The first-order chi connectivity index (χ1) is 11.2. The number of hydrogen-bond donors (Lipinski definition) is 2.